The highest BCUT2D eigenvalue weighted by molar-refractivity contribution is 5.75. The summed E-state index contributed by atoms with van der Waals surface area (Å²) in [5, 5.41) is 11.0. The van der Waals surface area contributed by atoms with Gasteiger partial charge in [-0.25, -0.2) is 13.6 Å². The van der Waals surface area contributed by atoms with Crippen LogP contribution in [0.5, 0.6) is 0 Å². The summed E-state index contributed by atoms with van der Waals surface area (Å²) in [6, 6.07) is -0.638. The largest absolute Gasteiger partial charge is 0.481 e. The summed E-state index contributed by atoms with van der Waals surface area (Å²) in [7, 11) is 1.26. The second kappa shape index (κ2) is 6.36. The summed E-state index contributed by atoms with van der Waals surface area (Å²) in [4.78, 5) is 22.7. The number of hydrogen-bond acceptors (Lipinski definition) is 2. The maximum absolute atomic E-state index is 12.0. The molecule has 2 N–H and O–H groups in total. The molecule has 2 amide bonds. The first-order valence-corrected chi connectivity index (χ1v) is 5.17. The molecule has 0 radical (unpaired) electrons. The number of halogens is 2. The number of carboxylic acids is 1. The van der Waals surface area contributed by atoms with E-state index in [1.165, 1.54) is 7.05 Å². The number of carbonyl (C=O) groups excluding carboxylic acids is 1. The Morgan fingerprint density at radius 3 is 2.35 bits per heavy atom. The van der Waals surface area contributed by atoms with Crippen molar-refractivity contribution in [2.75, 3.05) is 13.6 Å². The maximum atomic E-state index is 12.0. The van der Waals surface area contributed by atoms with Gasteiger partial charge < -0.3 is 15.3 Å². The van der Waals surface area contributed by atoms with Gasteiger partial charge in [-0.15, -0.1) is 0 Å². The van der Waals surface area contributed by atoms with E-state index in [9.17, 15) is 18.4 Å². The number of nitrogens with zero attached hydrogens (tertiary/aromatic N) is 1. The van der Waals surface area contributed by atoms with E-state index in [1.54, 1.807) is 13.8 Å². The summed E-state index contributed by atoms with van der Waals surface area (Å²) in [6.45, 7) is 2.63. The van der Waals surface area contributed by atoms with Crippen LogP contribution in [0.25, 0.3) is 0 Å². The Morgan fingerprint density at radius 1 is 1.41 bits per heavy atom. The van der Waals surface area contributed by atoms with Gasteiger partial charge in [-0.05, 0) is 20.3 Å². The molecule has 0 aliphatic heterocycles. The van der Waals surface area contributed by atoms with Gasteiger partial charge in [-0.2, -0.15) is 0 Å². The molecule has 0 unspecified atom stereocenters. The predicted octanol–water partition coefficient (Wildman–Crippen LogP) is 1.54. The average Bonchev–Trinajstić information content (AvgIpc) is 2.13. The van der Waals surface area contributed by atoms with E-state index >= 15 is 0 Å². The molecule has 0 bridgehead atoms. The Bertz CT molecular complexity index is 283. The number of rotatable bonds is 6. The van der Waals surface area contributed by atoms with Crippen LogP contribution >= 0.6 is 0 Å². The molecule has 0 fully saturated rings. The lowest BCUT2D eigenvalue weighted by Crippen LogP contribution is -2.50. The third-order valence-electron chi connectivity index (χ3n) is 2.17. The normalized spacial score (nSPS) is 11.4. The monoisotopic (exact) mass is 252 g/mol. The second-order valence-electron chi connectivity index (χ2n) is 4.48. The first kappa shape index (κ1) is 15.6. The minimum Gasteiger partial charge on any atom is -0.481 e. The zero-order chi connectivity index (χ0) is 13.6. The van der Waals surface area contributed by atoms with Gasteiger partial charge in [0.05, 0.1) is 6.54 Å². The maximum Gasteiger partial charge on any atom is 0.317 e. The fraction of sp³-hybridized carbons (Fsp3) is 0.800. The topological polar surface area (TPSA) is 69.6 Å². The van der Waals surface area contributed by atoms with Crippen molar-refractivity contribution in [3.8, 4) is 0 Å². The number of nitrogens with one attached hydrogen (secondary N) is 1. The summed E-state index contributed by atoms with van der Waals surface area (Å²) in [5.41, 5.74) is -0.744. The van der Waals surface area contributed by atoms with Crippen LogP contribution in [0.3, 0.4) is 0 Å². The number of hydrogen-bond donors (Lipinski definition) is 2. The van der Waals surface area contributed by atoms with E-state index in [2.05, 4.69) is 5.32 Å². The number of amides is 2. The van der Waals surface area contributed by atoms with E-state index in [-0.39, 0.29) is 12.8 Å². The first-order chi connectivity index (χ1) is 7.64. The summed E-state index contributed by atoms with van der Waals surface area (Å²) in [5.74, 6) is -0.965. The smallest absolute Gasteiger partial charge is 0.317 e. The molecule has 0 atom stereocenters. The fourth-order valence-electron chi connectivity index (χ4n) is 1.16. The van der Waals surface area contributed by atoms with Crippen molar-refractivity contribution >= 4 is 12.0 Å². The van der Waals surface area contributed by atoms with Crippen LogP contribution in [0, 0.1) is 0 Å². The van der Waals surface area contributed by atoms with Gasteiger partial charge >= 0.3 is 12.0 Å². The highest BCUT2D eigenvalue weighted by Gasteiger charge is 2.24. The standard InChI is InChI=1S/C10H18F2N2O3/c1-10(2,5-4-8(15)16)13-9(17)14(3)6-7(11)12/h7H,4-6H2,1-3H3,(H,13,17)(H,15,16). The van der Waals surface area contributed by atoms with E-state index in [1.807, 2.05) is 0 Å². The molecule has 0 aliphatic carbocycles. The highest BCUT2D eigenvalue weighted by Crippen LogP contribution is 2.11. The minimum absolute atomic E-state index is 0.0914. The second-order valence-corrected chi connectivity index (χ2v) is 4.48. The molecule has 0 aromatic rings. The third kappa shape index (κ3) is 7.48. The summed E-state index contributed by atoms with van der Waals surface area (Å²) < 4.78 is 24.1. The zero-order valence-electron chi connectivity index (χ0n) is 10.2. The quantitative estimate of drug-likeness (QED) is 0.753. The summed E-state index contributed by atoms with van der Waals surface area (Å²) in [6.07, 6.45) is -2.45. The van der Waals surface area contributed by atoms with Gasteiger partial charge in [0, 0.05) is 19.0 Å². The molecule has 17 heavy (non-hydrogen) atoms. The fourth-order valence-corrected chi connectivity index (χ4v) is 1.16. The molecular weight excluding hydrogens is 234 g/mol. The lowest BCUT2D eigenvalue weighted by Gasteiger charge is -2.28. The van der Waals surface area contributed by atoms with Crippen molar-refractivity contribution in [3.05, 3.63) is 0 Å². The van der Waals surface area contributed by atoms with Crippen LogP contribution in [0.4, 0.5) is 13.6 Å². The van der Waals surface area contributed by atoms with Gasteiger partial charge in [0.25, 0.3) is 6.43 Å². The van der Waals surface area contributed by atoms with Gasteiger partial charge in [-0.1, -0.05) is 0 Å². The molecule has 0 saturated heterocycles. The van der Waals surface area contributed by atoms with Crippen molar-refractivity contribution in [3.63, 3.8) is 0 Å². The Kier molecular flexibility index (Phi) is 5.84. The Morgan fingerprint density at radius 2 is 1.94 bits per heavy atom. The van der Waals surface area contributed by atoms with Crippen LogP contribution in [0.15, 0.2) is 0 Å². The molecule has 0 heterocycles. The Labute approximate surface area is 98.8 Å². The molecule has 0 aromatic heterocycles. The molecule has 5 nitrogen and oxygen atoms in total. The van der Waals surface area contributed by atoms with Crippen molar-refractivity contribution < 1.29 is 23.5 Å². The average molecular weight is 252 g/mol. The first-order valence-electron chi connectivity index (χ1n) is 5.17. The Balaban J connectivity index is 4.20. The Hall–Kier alpha value is -1.40. The van der Waals surface area contributed by atoms with Gasteiger partial charge in [0.2, 0.25) is 0 Å². The lowest BCUT2D eigenvalue weighted by molar-refractivity contribution is -0.137. The molecule has 0 aliphatic rings. The number of carbonyl (C=O) groups is 2. The van der Waals surface area contributed by atoms with Crippen LogP contribution in [0.2, 0.25) is 0 Å². The van der Waals surface area contributed by atoms with Crippen LogP contribution < -0.4 is 5.32 Å². The van der Waals surface area contributed by atoms with Crippen LogP contribution in [-0.2, 0) is 4.79 Å². The molecule has 100 valence electrons. The van der Waals surface area contributed by atoms with Crippen molar-refractivity contribution in [1.82, 2.24) is 10.2 Å². The molecule has 0 spiro atoms. The third-order valence-corrected chi connectivity index (χ3v) is 2.17. The van der Waals surface area contributed by atoms with E-state index in [0.29, 0.717) is 0 Å². The van der Waals surface area contributed by atoms with E-state index in [0.717, 1.165) is 4.90 Å². The minimum atomic E-state index is -2.59. The highest BCUT2D eigenvalue weighted by atomic mass is 19.3. The molecular formula is C10H18F2N2O3. The van der Waals surface area contributed by atoms with Crippen LogP contribution in [-0.4, -0.2) is 47.6 Å². The molecule has 0 saturated carbocycles. The van der Waals surface area contributed by atoms with Crippen molar-refractivity contribution in [2.45, 2.75) is 38.7 Å². The van der Waals surface area contributed by atoms with E-state index in [4.69, 9.17) is 5.11 Å². The number of alkyl halides is 2. The number of urea groups is 1. The molecule has 0 rings (SSSR count). The molecule has 7 heteroatoms. The molecule has 0 aromatic carbocycles. The summed E-state index contributed by atoms with van der Waals surface area (Å²) >= 11 is 0. The SMILES string of the molecule is CN(CC(F)F)C(=O)NC(C)(C)CCC(=O)O. The van der Waals surface area contributed by atoms with Gasteiger partial charge in [-0.3, -0.25) is 4.79 Å². The number of aliphatic carboxylic acids is 1. The van der Waals surface area contributed by atoms with Gasteiger partial charge in [0.1, 0.15) is 0 Å². The van der Waals surface area contributed by atoms with Crippen molar-refractivity contribution in [1.29, 1.82) is 0 Å². The van der Waals surface area contributed by atoms with Crippen LogP contribution in [0.1, 0.15) is 26.7 Å². The predicted molar refractivity (Wildman–Crippen MR) is 58.1 cm³/mol. The van der Waals surface area contributed by atoms with E-state index < -0.39 is 30.5 Å². The zero-order valence-corrected chi connectivity index (χ0v) is 10.2. The van der Waals surface area contributed by atoms with Gasteiger partial charge in [0.15, 0.2) is 0 Å². The van der Waals surface area contributed by atoms with Crippen molar-refractivity contribution in [2.24, 2.45) is 0 Å². The number of carboxylic acid groups (broad SMARTS) is 1. The lowest BCUT2D eigenvalue weighted by atomic mass is 9.99.